The lowest BCUT2D eigenvalue weighted by molar-refractivity contribution is -0.223. The van der Waals surface area contributed by atoms with Crippen LogP contribution in [0.5, 0.6) is 0 Å². The van der Waals surface area contributed by atoms with Gasteiger partial charge in [0.05, 0.1) is 25.1 Å². The molecule has 0 aliphatic carbocycles. The van der Waals surface area contributed by atoms with Crippen molar-refractivity contribution in [3.63, 3.8) is 0 Å². The van der Waals surface area contributed by atoms with Crippen LogP contribution in [0.3, 0.4) is 0 Å². The van der Waals surface area contributed by atoms with Gasteiger partial charge in [-0.25, -0.2) is 4.79 Å². The number of nitrogens with one attached hydrogen (secondary N) is 1. The van der Waals surface area contributed by atoms with Crippen molar-refractivity contribution in [3.8, 4) is 0 Å². The molecule has 1 N–H and O–H groups in total. The Morgan fingerprint density at radius 1 is 0.857 bits per heavy atom. The number of ether oxygens (including phenoxy) is 10. The number of methoxy groups -OCH3 is 3. The van der Waals surface area contributed by atoms with Crippen LogP contribution in [0, 0.1) is 5.92 Å². The summed E-state index contributed by atoms with van der Waals surface area (Å²) in [6, 6.07) is -1.96. The minimum atomic E-state index is -0.992. The average molecular weight is 699 g/mol. The first-order chi connectivity index (χ1) is 22.9. The molecule has 49 heavy (non-hydrogen) atoms. The number of hydrogen-bond acceptors (Lipinski definition) is 13. The molecule has 15 nitrogen and oxygen atoms in total. The Hall–Kier alpha value is -2.63. The first kappa shape index (κ1) is 39.2. The van der Waals surface area contributed by atoms with Crippen molar-refractivity contribution in [2.24, 2.45) is 5.92 Å². The van der Waals surface area contributed by atoms with Gasteiger partial charge in [0.25, 0.3) is 0 Å². The molecular formula is C34H54N2O13. The molecule has 0 bridgehead atoms. The molecule has 0 unspecified atom stereocenters. The fourth-order valence-electron chi connectivity index (χ4n) is 6.92. The number of carbonyl (C=O) groups is 3. The van der Waals surface area contributed by atoms with E-state index in [1.807, 2.05) is 0 Å². The van der Waals surface area contributed by atoms with Gasteiger partial charge in [0, 0.05) is 27.2 Å². The zero-order valence-electron chi connectivity index (χ0n) is 30.3. The zero-order valence-corrected chi connectivity index (χ0v) is 30.3. The molecule has 4 aliphatic rings. The van der Waals surface area contributed by atoms with Crippen molar-refractivity contribution in [1.29, 1.82) is 0 Å². The normalized spacial score (nSPS) is 33.1. The van der Waals surface area contributed by atoms with Crippen molar-refractivity contribution in [1.82, 2.24) is 10.2 Å². The molecule has 15 heteroatoms. The van der Waals surface area contributed by atoms with Crippen LogP contribution in [-0.4, -0.2) is 129 Å². The Bertz CT molecular complexity index is 1220. The van der Waals surface area contributed by atoms with Gasteiger partial charge in [-0.15, -0.1) is 13.2 Å². The summed E-state index contributed by atoms with van der Waals surface area (Å²) >= 11 is 0. The number of rotatable bonds is 14. The molecule has 0 radical (unpaired) electrons. The highest BCUT2D eigenvalue weighted by molar-refractivity contribution is 5.80. The monoisotopic (exact) mass is 698 g/mol. The highest BCUT2D eigenvalue weighted by Gasteiger charge is 2.60. The second-order valence-corrected chi connectivity index (χ2v) is 14.5. The Labute approximate surface area is 288 Å². The predicted octanol–water partition coefficient (Wildman–Crippen LogP) is 2.80. The number of fused-ring (bicyclic) bond motifs is 2. The predicted molar refractivity (Wildman–Crippen MR) is 173 cm³/mol. The van der Waals surface area contributed by atoms with Crippen LogP contribution in [0.25, 0.3) is 0 Å². The summed E-state index contributed by atoms with van der Waals surface area (Å²) in [5.41, 5.74) is -0.845. The Morgan fingerprint density at radius 3 is 1.86 bits per heavy atom. The average Bonchev–Trinajstić information content (AvgIpc) is 3.68. The molecule has 4 aliphatic heterocycles. The summed E-state index contributed by atoms with van der Waals surface area (Å²) < 4.78 is 59.3. The number of esters is 1. The van der Waals surface area contributed by atoms with Gasteiger partial charge in [-0.2, -0.15) is 0 Å². The number of carbonyl (C=O) groups excluding carboxylic acids is 3. The molecule has 278 valence electrons. The second kappa shape index (κ2) is 15.3. The van der Waals surface area contributed by atoms with E-state index in [1.54, 1.807) is 54.5 Å². The van der Waals surface area contributed by atoms with Crippen molar-refractivity contribution in [3.05, 3.63) is 25.3 Å². The fraction of sp³-hybridized carbons (Fsp3) is 0.794. The van der Waals surface area contributed by atoms with Crippen molar-refractivity contribution < 1.29 is 61.8 Å². The van der Waals surface area contributed by atoms with Crippen molar-refractivity contribution >= 4 is 18.0 Å². The zero-order chi connectivity index (χ0) is 36.5. The van der Waals surface area contributed by atoms with E-state index in [4.69, 9.17) is 47.4 Å². The largest absolute Gasteiger partial charge is 0.469 e. The summed E-state index contributed by atoms with van der Waals surface area (Å²) in [6.45, 7) is 19.9. The lowest BCUT2D eigenvalue weighted by Gasteiger charge is -2.38. The molecular weight excluding hydrogens is 644 g/mol. The maximum absolute atomic E-state index is 14.3. The van der Waals surface area contributed by atoms with Gasteiger partial charge < -0.3 is 52.7 Å². The molecule has 0 aromatic rings. The van der Waals surface area contributed by atoms with E-state index in [0.29, 0.717) is 0 Å². The highest BCUT2D eigenvalue weighted by atomic mass is 16.9. The van der Waals surface area contributed by atoms with Crippen LogP contribution < -0.4 is 5.32 Å². The van der Waals surface area contributed by atoms with Crippen LogP contribution in [-0.2, 0) is 57.0 Å². The molecule has 4 rings (SSSR count). The number of nitrogens with zero attached hydrogens (tertiary/aromatic N) is 1. The molecule has 4 heterocycles. The minimum absolute atomic E-state index is 0.0156. The minimum Gasteiger partial charge on any atom is -0.469 e. The number of allylic oxidation sites excluding steroid dienone is 1. The quantitative estimate of drug-likeness (QED) is 0.209. The Morgan fingerprint density at radius 2 is 1.39 bits per heavy atom. The van der Waals surface area contributed by atoms with Gasteiger partial charge in [0.1, 0.15) is 42.2 Å². The van der Waals surface area contributed by atoms with E-state index in [-0.39, 0.29) is 19.4 Å². The molecule has 2 amide bonds. The highest BCUT2D eigenvalue weighted by Crippen LogP contribution is 2.42. The van der Waals surface area contributed by atoms with E-state index >= 15 is 0 Å². The maximum Gasteiger partial charge on any atom is 0.410 e. The molecule has 0 aromatic carbocycles. The maximum atomic E-state index is 14.3. The molecule has 4 fully saturated rings. The summed E-state index contributed by atoms with van der Waals surface area (Å²) in [5.74, 6) is -3.92. The first-order valence-corrected chi connectivity index (χ1v) is 16.6. The van der Waals surface area contributed by atoms with E-state index in [2.05, 4.69) is 18.5 Å². The summed E-state index contributed by atoms with van der Waals surface area (Å²) in [7, 11) is 4.25. The van der Waals surface area contributed by atoms with E-state index in [0.717, 1.165) is 0 Å². The third-order valence-electron chi connectivity index (χ3n) is 8.77. The van der Waals surface area contributed by atoms with Gasteiger partial charge in [-0.1, -0.05) is 12.2 Å². The van der Waals surface area contributed by atoms with Crippen LogP contribution >= 0.6 is 0 Å². The van der Waals surface area contributed by atoms with Gasteiger partial charge >= 0.3 is 12.1 Å². The van der Waals surface area contributed by atoms with Gasteiger partial charge in [0.2, 0.25) is 5.91 Å². The van der Waals surface area contributed by atoms with Crippen LogP contribution in [0.15, 0.2) is 25.3 Å². The smallest absolute Gasteiger partial charge is 0.410 e. The van der Waals surface area contributed by atoms with E-state index < -0.39 is 102 Å². The second-order valence-electron chi connectivity index (χ2n) is 14.5. The summed E-state index contributed by atoms with van der Waals surface area (Å²) in [4.78, 5) is 42.6. The molecule has 11 atom stereocenters. The fourth-order valence-corrected chi connectivity index (χ4v) is 6.92. The summed E-state index contributed by atoms with van der Waals surface area (Å²) in [5, 5.41) is 3.00. The topological polar surface area (TPSA) is 159 Å². The third kappa shape index (κ3) is 8.82. The van der Waals surface area contributed by atoms with Crippen LogP contribution in [0.2, 0.25) is 0 Å². The Balaban J connectivity index is 1.69. The number of hydrogen-bond donors (Lipinski definition) is 1. The van der Waals surface area contributed by atoms with Gasteiger partial charge in [0.15, 0.2) is 24.2 Å². The SMILES string of the molecule is C=CC[C@H](C(=O)OC)[C@H](NC(=O)C[C@@H]([C@@H]1O[C@@H]2OC(C)(C)O[C@@H]2[C@H]1OC)N(CC=C)C(=O)OC(C)(C)C)[C@@H]1O[C@@H]2OC(C)(C)O[C@@H]2[C@H]1OC. The first-order valence-electron chi connectivity index (χ1n) is 16.6. The summed E-state index contributed by atoms with van der Waals surface area (Å²) in [6.07, 6.45) is -3.92. The molecule has 0 aromatic heterocycles. The third-order valence-corrected chi connectivity index (χ3v) is 8.77. The van der Waals surface area contributed by atoms with Crippen molar-refractivity contribution in [2.45, 2.75) is 140 Å². The lowest BCUT2D eigenvalue weighted by atomic mass is 9.88. The van der Waals surface area contributed by atoms with Crippen LogP contribution in [0.4, 0.5) is 4.79 Å². The van der Waals surface area contributed by atoms with Crippen molar-refractivity contribution in [2.75, 3.05) is 27.9 Å². The lowest BCUT2D eigenvalue weighted by Crippen LogP contribution is -2.58. The van der Waals surface area contributed by atoms with E-state index in [9.17, 15) is 14.4 Å². The Kier molecular flexibility index (Phi) is 12.2. The molecule has 4 saturated heterocycles. The standard InChI is InChI=1S/C34H54N2O13/c1-13-15-18(28(38)42-12)21(23-25(41-11)27-30(44-23)48-34(8,9)46-27)35-20(37)17-19(36(16-14-2)31(39)49-32(3,4)5)22-24(40-10)26-29(43-22)47-33(6,7)45-26/h13-14,18-19,21-27,29-30H,1-2,15-17H2,3-12H3,(H,35,37)/t18-,19-,21-,22-,23-,24-,25-,26+,27+,29+,30+/m0/s1. The molecule has 0 spiro atoms. The van der Waals surface area contributed by atoms with E-state index in [1.165, 1.54) is 32.3 Å². The van der Waals surface area contributed by atoms with Crippen LogP contribution in [0.1, 0.15) is 61.3 Å². The van der Waals surface area contributed by atoms with Gasteiger partial charge in [-0.05, 0) is 54.9 Å². The number of amides is 2. The van der Waals surface area contributed by atoms with Gasteiger partial charge in [-0.3, -0.25) is 14.5 Å². The molecule has 0 saturated carbocycles.